The molecule has 6 N–H and O–H groups in total. The molecule has 1 heterocycles. The van der Waals surface area contributed by atoms with Crippen LogP contribution < -0.4 is 5.73 Å². The number of rotatable bonds is 3. The van der Waals surface area contributed by atoms with Gasteiger partial charge in [-0.25, -0.2) is 0 Å². The zero-order chi connectivity index (χ0) is 25.5. The van der Waals surface area contributed by atoms with Gasteiger partial charge in [-0.1, -0.05) is 18.2 Å². The van der Waals surface area contributed by atoms with E-state index in [4.69, 9.17) is 5.73 Å². The minimum Gasteiger partial charge on any atom is -0.511 e. The molecule has 2 aromatic carbocycles. The van der Waals surface area contributed by atoms with Crippen LogP contribution >= 0.6 is 0 Å². The Morgan fingerprint density at radius 3 is 2.53 bits per heavy atom. The Labute approximate surface area is 206 Å². The first-order valence-electron chi connectivity index (χ1n) is 12.1. The number of aliphatic hydroxyl groups is 3. The molecule has 1 fully saturated rings. The number of hydrogen-bond acceptors (Lipinski definition) is 8. The summed E-state index contributed by atoms with van der Waals surface area (Å²) in [5.74, 6) is -6.13. The molecule has 2 aromatic rings. The van der Waals surface area contributed by atoms with Gasteiger partial charge in [0.25, 0.3) is 5.91 Å². The van der Waals surface area contributed by atoms with Crippen LogP contribution in [-0.2, 0) is 22.6 Å². The van der Waals surface area contributed by atoms with Crippen molar-refractivity contribution in [2.45, 2.75) is 37.8 Å². The summed E-state index contributed by atoms with van der Waals surface area (Å²) in [6.45, 7) is 2.79. The number of likely N-dealkylation sites (tertiary alicyclic amines) is 1. The molecule has 3 atom stereocenters. The quantitative estimate of drug-likeness (QED) is 0.408. The van der Waals surface area contributed by atoms with Crippen LogP contribution in [0.15, 0.2) is 46.9 Å². The molecule has 4 aliphatic rings. The minimum absolute atomic E-state index is 0.0419. The van der Waals surface area contributed by atoms with E-state index in [1.165, 1.54) is 0 Å². The number of phenolic OH excluding ortho intramolecular Hbond substituents is 1. The number of hydrogen-bond donors (Lipinski definition) is 5. The van der Waals surface area contributed by atoms with Gasteiger partial charge in [0.15, 0.2) is 11.4 Å². The lowest BCUT2D eigenvalue weighted by Gasteiger charge is -2.45. The second-order valence-electron chi connectivity index (χ2n) is 10.4. The zero-order valence-corrected chi connectivity index (χ0v) is 19.5. The van der Waals surface area contributed by atoms with Gasteiger partial charge in [0.05, 0.1) is 5.56 Å². The zero-order valence-electron chi connectivity index (χ0n) is 19.5. The second-order valence-corrected chi connectivity index (χ2v) is 10.4. The van der Waals surface area contributed by atoms with Gasteiger partial charge in [0.2, 0.25) is 5.78 Å². The average Bonchev–Trinajstić information content (AvgIpc) is 2.78. The van der Waals surface area contributed by atoms with E-state index in [1.54, 1.807) is 0 Å². The highest BCUT2D eigenvalue weighted by molar-refractivity contribution is 6.24. The minimum atomic E-state index is -2.55. The second kappa shape index (κ2) is 7.65. The van der Waals surface area contributed by atoms with Crippen molar-refractivity contribution in [1.82, 2.24) is 4.90 Å². The fraction of sp³-hybridized carbons (Fsp3) is 0.370. The lowest BCUT2D eigenvalue weighted by atomic mass is 9.60. The lowest BCUT2D eigenvalue weighted by molar-refractivity contribution is -0.144. The van der Waals surface area contributed by atoms with Crippen molar-refractivity contribution in [1.29, 1.82) is 0 Å². The summed E-state index contributed by atoms with van der Waals surface area (Å²) >= 11 is 0. The first kappa shape index (κ1) is 22.8. The van der Waals surface area contributed by atoms with Gasteiger partial charge in [-0.2, -0.15) is 0 Å². The number of allylic oxidation sites excluding steroid dienone is 2. The molecule has 1 amide bonds. The molecular formula is C27H26N2O7. The number of fused-ring (bicyclic) bond motifs is 4. The molecule has 1 saturated heterocycles. The first-order chi connectivity index (χ1) is 17.1. The van der Waals surface area contributed by atoms with Crippen molar-refractivity contribution in [3.05, 3.63) is 63.6 Å². The van der Waals surface area contributed by atoms with Gasteiger partial charge >= 0.3 is 0 Å². The van der Waals surface area contributed by atoms with Crippen LogP contribution in [0.5, 0.6) is 5.75 Å². The summed E-state index contributed by atoms with van der Waals surface area (Å²) in [7, 11) is 0. The summed E-state index contributed by atoms with van der Waals surface area (Å²) in [6, 6.07) is 7.65. The maximum atomic E-state index is 13.7. The molecule has 186 valence electrons. The van der Waals surface area contributed by atoms with Gasteiger partial charge in [-0.3, -0.25) is 19.3 Å². The van der Waals surface area contributed by atoms with Crippen molar-refractivity contribution in [3.8, 4) is 5.75 Å². The molecule has 0 saturated carbocycles. The van der Waals surface area contributed by atoms with E-state index in [0.717, 1.165) is 37.0 Å². The smallest absolute Gasteiger partial charge is 0.255 e. The Bertz CT molecular complexity index is 1450. The standard InChI is InChI=1S/C27H26N2O7/c28-26(35)21-18(30)10-16-9-15-8-14-7-13-3-2-12(11-29-4-1-5-29)6-17(13)22(31)19(14)23(32)20(15)24(33)27(16,36)25(21)34/h2-3,6-7,15-16,30-31,33,36H,1,4-5,8-11H2,(H2,28,35)/t15?,16?,27-/m0/s1. The molecule has 9 nitrogen and oxygen atoms in total. The first-order valence-corrected chi connectivity index (χ1v) is 12.1. The Hall–Kier alpha value is -3.69. The molecule has 0 bridgehead atoms. The number of aromatic hydroxyl groups is 1. The third-order valence-corrected chi connectivity index (χ3v) is 8.29. The molecule has 0 radical (unpaired) electrons. The highest BCUT2D eigenvalue weighted by Gasteiger charge is 2.59. The van der Waals surface area contributed by atoms with E-state index in [9.17, 15) is 34.8 Å². The number of aliphatic hydroxyl groups excluding tert-OH is 2. The maximum absolute atomic E-state index is 13.7. The Kier molecular flexibility index (Phi) is 4.84. The summed E-state index contributed by atoms with van der Waals surface area (Å²) in [5, 5.41) is 45.2. The molecule has 0 aromatic heterocycles. The van der Waals surface area contributed by atoms with Crippen molar-refractivity contribution < 1.29 is 34.8 Å². The summed E-state index contributed by atoms with van der Waals surface area (Å²) in [6.07, 6.45) is 1.34. The van der Waals surface area contributed by atoms with Crippen LogP contribution in [0, 0.1) is 11.8 Å². The van der Waals surface area contributed by atoms with Gasteiger partial charge in [0.1, 0.15) is 22.8 Å². The largest absolute Gasteiger partial charge is 0.511 e. The number of carbonyl (C=O) groups excluding carboxylic acids is 3. The van der Waals surface area contributed by atoms with E-state index in [2.05, 4.69) is 4.90 Å². The van der Waals surface area contributed by atoms with Crippen LogP contribution in [-0.4, -0.2) is 61.5 Å². The Morgan fingerprint density at radius 1 is 1.11 bits per heavy atom. The van der Waals surface area contributed by atoms with Gasteiger partial charge in [0, 0.05) is 29.8 Å². The number of amides is 1. The van der Waals surface area contributed by atoms with E-state index in [-0.39, 0.29) is 29.7 Å². The predicted octanol–water partition coefficient (Wildman–Crippen LogP) is 1.94. The third-order valence-electron chi connectivity index (χ3n) is 8.29. The van der Waals surface area contributed by atoms with Crippen LogP contribution in [0.4, 0.5) is 0 Å². The number of nitrogens with zero attached hydrogens (tertiary/aromatic N) is 1. The molecule has 36 heavy (non-hydrogen) atoms. The van der Waals surface area contributed by atoms with Gasteiger partial charge in [-0.05, 0) is 60.8 Å². The molecule has 1 aliphatic heterocycles. The monoisotopic (exact) mass is 490 g/mol. The topological polar surface area (TPSA) is 161 Å². The average molecular weight is 491 g/mol. The fourth-order valence-electron chi connectivity index (χ4n) is 6.33. The van der Waals surface area contributed by atoms with Crippen molar-refractivity contribution >= 4 is 28.2 Å². The number of carbonyl (C=O) groups is 3. The van der Waals surface area contributed by atoms with Crippen molar-refractivity contribution in [2.24, 2.45) is 17.6 Å². The third kappa shape index (κ3) is 2.99. The van der Waals surface area contributed by atoms with Crippen LogP contribution in [0.3, 0.4) is 0 Å². The van der Waals surface area contributed by atoms with E-state index in [0.29, 0.717) is 17.4 Å². The SMILES string of the molecule is NC(=O)C1=C(O)CC2CC3Cc4cc5ccc(CN6CCC6)cc5c(O)c4C(=O)C3=C(O)[C@]2(O)C1=O. The number of Topliss-reactive ketones (excluding diaryl/α,β-unsaturated/α-hetero) is 2. The summed E-state index contributed by atoms with van der Waals surface area (Å²) in [5.41, 5.74) is 3.43. The normalized spacial score (nSPS) is 28.0. The number of ketones is 2. The van der Waals surface area contributed by atoms with E-state index < -0.39 is 52.0 Å². The van der Waals surface area contributed by atoms with Gasteiger partial charge in [-0.15, -0.1) is 0 Å². The molecule has 9 heteroatoms. The Morgan fingerprint density at radius 2 is 1.86 bits per heavy atom. The predicted molar refractivity (Wildman–Crippen MR) is 128 cm³/mol. The lowest BCUT2D eigenvalue weighted by Crippen LogP contribution is -2.57. The molecule has 2 unspecified atom stereocenters. The van der Waals surface area contributed by atoms with E-state index in [1.807, 2.05) is 24.3 Å². The molecule has 6 rings (SSSR count). The summed E-state index contributed by atoms with van der Waals surface area (Å²) in [4.78, 5) is 40.8. The number of nitrogens with two attached hydrogens (primary N) is 1. The fourth-order valence-corrected chi connectivity index (χ4v) is 6.33. The highest BCUT2D eigenvalue weighted by Crippen LogP contribution is 2.52. The van der Waals surface area contributed by atoms with Gasteiger partial charge < -0.3 is 26.2 Å². The van der Waals surface area contributed by atoms with Crippen molar-refractivity contribution in [2.75, 3.05) is 13.1 Å². The molecule has 3 aliphatic carbocycles. The summed E-state index contributed by atoms with van der Waals surface area (Å²) < 4.78 is 0. The number of phenols is 1. The highest BCUT2D eigenvalue weighted by atomic mass is 16.3. The van der Waals surface area contributed by atoms with Crippen LogP contribution in [0.2, 0.25) is 0 Å². The number of benzene rings is 2. The Balaban J connectivity index is 1.46. The number of primary amides is 1. The maximum Gasteiger partial charge on any atom is 0.255 e. The molecule has 0 spiro atoms. The van der Waals surface area contributed by atoms with Crippen LogP contribution in [0.25, 0.3) is 10.8 Å². The van der Waals surface area contributed by atoms with Crippen molar-refractivity contribution in [3.63, 3.8) is 0 Å². The van der Waals surface area contributed by atoms with E-state index >= 15 is 0 Å². The van der Waals surface area contributed by atoms with Crippen LogP contribution in [0.1, 0.15) is 40.7 Å². The molecular weight excluding hydrogens is 464 g/mol.